The van der Waals surface area contributed by atoms with Gasteiger partial charge in [0.15, 0.2) is 11.5 Å². The summed E-state index contributed by atoms with van der Waals surface area (Å²) in [5.41, 5.74) is 8.57. The van der Waals surface area contributed by atoms with E-state index in [0.717, 1.165) is 23.4 Å². The topological polar surface area (TPSA) is 72.0 Å². The molecule has 178 valence electrons. The largest absolute Gasteiger partial charge is 0.493 e. The Morgan fingerprint density at radius 2 is 1.74 bits per heavy atom. The number of methoxy groups -OCH3 is 2. The van der Waals surface area contributed by atoms with Crippen LogP contribution in [-0.2, 0) is 0 Å². The molecule has 35 heavy (non-hydrogen) atoms. The van der Waals surface area contributed by atoms with Gasteiger partial charge in [0.25, 0.3) is 5.91 Å². The highest BCUT2D eigenvalue weighted by Crippen LogP contribution is 2.49. The first-order chi connectivity index (χ1) is 17.1. The molecule has 6 nitrogen and oxygen atoms in total. The summed E-state index contributed by atoms with van der Waals surface area (Å²) < 4.78 is 10.5. The summed E-state index contributed by atoms with van der Waals surface area (Å²) in [5, 5.41) is 8.14. The van der Waals surface area contributed by atoms with Gasteiger partial charge in [0.1, 0.15) is 0 Å². The summed E-state index contributed by atoms with van der Waals surface area (Å²) in [4.78, 5) is 12.7. The number of benzene rings is 3. The van der Waals surface area contributed by atoms with Gasteiger partial charge in [-0.25, -0.2) is 5.43 Å². The predicted molar refractivity (Wildman–Crippen MR) is 138 cm³/mol. The molecule has 2 aliphatic rings. The Bertz CT molecular complexity index is 1300. The van der Waals surface area contributed by atoms with E-state index in [-0.39, 0.29) is 11.9 Å². The van der Waals surface area contributed by atoms with Gasteiger partial charge in [-0.1, -0.05) is 48.6 Å². The average molecular weight is 468 g/mol. The Balaban J connectivity index is 1.36. The third-order valence-electron chi connectivity index (χ3n) is 6.91. The lowest BCUT2D eigenvalue weighted by molar-refractivity contribution is 0.0954. The lowest BCUT2D eigenvalue weighted by atomic mass is 9.76. The van der Waals surface area contributed by atoms with E-state index in [1.807, 2.05) is 13.0 Å². The number of amides is 1. The molecular formula is C29H29N3O3. The number of anilines is 1. The van der Waals surface area contributed by atoms with Crippen LogP contribution in [0.25, 0.3) is 0 Å². The fraction of sp³-hybridized carbons (Fsp3) is 0.241. The summed E-state index contributed by atoms with van der Waals surface area (Å²) in [5.74, 6) is 1.58. The van der Waals surface area contributed by atoms with Crippen molar-refractivity contribution < 1.29 is 14.3 Å². The smallest absolute Gasteiger partial charge is 0.271 e. The third kappa shape index (κ3) is 4.39. The predicted octanol–water partition coefficient (Wildman–Crippen LogP) is 5.68. The van der Waals surface area contributed by atoms with Crippen LogP contribution >= 0.6 is 0 Å². The maximum Gasteiger partial charge on any atom is 0.271 e. The molecule has 2 N–H and O–H groups in total. The summed E-state index contributed by atoms with van der Waals surface area (Å²) in [7, 11) is 3.10. The van der Waals surface area contributed by atoms with E-state index in [1.165, 1.54) is 11.1 Å². The van der Waals surface area contributed by atoms with Gasteiger partial charge in [0, 0.05) is 17.2 Å². The Morgan fingerprint density at radius 3 is 2.51 bits per heavy atom. The molecule has 0 saturated carbocycles. The lowest BCUT2D eigenvalue weighted by Crippen LogP contribution is -2.29. The van der Waals surface area contributed by atoms with E-state index in [2.05, 4.69) is 70.5 Å². The zero-order valence-electron chi connectivity index (χ0n) is 20.1. The van der Waals surface area contributed by atoms with Crippen LogP contribution in [0.15, 0.2) is 84.0 Å². The number of carbonyl (C=O) groups is 1. The van der Waals surface area contributed by atoms with Gasteiger partial charge in [-0.15, -0.1) is 0 Å². The van der Waals surface area contributed by atoms with Crippen LogP contribution in [0.3, 0.4) is 0 Å². The molecule has 3 aromatic rings. The minimum absolute atomic E-state index is 0.282. The van der Waals surface area contributed by atoms with Crippen LogP contribution < -0.4 is 20.2 Å². The lowest BCUT2D eigenvalue weighted by Gasteiger charge is -2.37. The summed E-state index contributed by atoms with van der Waals surface area (Å²) in [6.45, 7) is 1.90. The molecule has 3 unspecified atom stereocenters. The highest BCUT2D eigenvalue weighted by Gasteiger charge is 2.37. The summed E-state index contributed by atoms with van der Waals surface area (Å²) >= 11 is 0. The van der Waals surface area contributed by atoms with Crippen LogP contribution in [0.2, 0.25) is 0 Å². The van der Waals surface area contributed by atoms with Crippen molar-refractivity contribution in [1.29, 1.82) is 0 Å². The van der Waals surface area contributed by atoms with E-state index in [0.29, 0.717) is 28.9 Å². The number of allylic oxidation sites excluding steroid dienone is 2. The zero-order valence-corrected chi connectivity index (χ0v) is 20.1. The Kier molecular flexibility index (Phi) is 6.27. The number of fused-ring (bicyclic) bond motifs is 3. The number of nitrogens with one attached hydrogen (secondary N) is 2. The van der Waals surface area contributed by atoms with Crippen LogP contribution in [0, 0.1) is 5.92 Å². The maximum atomic E-state index is 12.7. The van der Waals surface area contributed by atoms with Crippen molar-refractivity contribution in [2.24, 2.45) is 11.0 Å². The molecule has 0 saturated heterocycles. The molecule has 3 atom stereocenters. The normalized spacial score (nSPS) is 20.4. The van der Waals surface area contributed by atoms with Crippen molar-refractivity contribution in [2.45, 2.75) is 25.3 Å². The van der Waals surface area contributed by atoms with Gasteiger partial charge in [-0.2, -0.15) is 5.10 Å². The van der Waals surface area contributed by atoms with Crippen molar-refractivity contribution in [3.63, 3.8) is 0 Å². The number of hydrogen-bond donors (Lipinski definition) is 2. The molecular weight excluding hydrogens is 438 g/mol. The van der Waals surface area contributed by atoms with E-state index in [9.17, 15) is 4.79 Å². The Hall–Kier alpha value is -4.06. The molecule has 1 amide bonds. The van der Waals surface area contributed by atoms with Crippen molar-refractivity contribution >= 4 is 17.3 Å². The van der Waals surface area contributed by atoms with E-state index in [4.69, 9.17) is 9.47 Å². The second-order valence-electron chi connectivity index (χ2n) is 8.90. The van der Waals surface area contributed by atoms with Crippen LogP contribution in [0.4, 0.5) is 5.69 Å². The molecule has 0 radical (unpaired) electrons. The number of hydrogen-bond acceptors (Lipinski definition) is 5. The quantitative estimate of drug-likeness (QED) is 0.278. The fourth-order valence-corrected chi connectivity index (χ4v) is 5.05. The molecule has 6 heteroatoms. The van der Waals surface area contributed by atoms with Crippen molar-refractivity contribution in [2.75, 3.05) is 19.5 Å². The standard InChI is InChI=1S/C29H29N3O3/c1-18(31-32-29(33)21-13-15-26(34-2)27(17-21)35-3)20-12-14-25-24(16-20)22-10-7-11-23(22)28(30-25)19-8-5-4-6-9-19/h4-10,12-17,22-23,28,30H,11H2,1-3H3,(H,32,33). The minimum Gasteiger partial charge on any atom is -0.493 e. The van der Waals surface area contributed by atoms with E-state index < -0.39 is 0 Å². The Labute approximate surface area is 205 Å². The highest BCUT2D eigenvalue weighted by atomic mass is 16.5. The second-order valence-corrected chi connectivity index (χ2v) is 8.90. The average Bonchev–Trinajstić information content (AvgIpc) is 3.41. The highest BCUT2D eigenvalue weighted by molar-refractivity contribution is 6.01. The molecule has 3 aromatic carbocycles. The number of ether oxygens (including phenoxy) is 2. The van der Waals surface area contributed by atoms with Gasteiger partial charge >= 0.3 is 0 Å². The van der Waals surface area contributed by atoms with Gasteiger partial charge in [0.2, 0.25) is 0 Å². The first-order valence-electron chi connectivity index (χ1n) is 11.8. The van der Waals surface area contributed by atoms with Gasteiger partial charge in [-0.05, 0) is 66.3 Å². The zero-order chi connectivity index (χ0) is 24.4. The van der Waals surface area contributed by atoms with Crippen LogP contribution in [0.5, 0.6) is 11.5 Å². The van der Waals surface area contributed by atoms with Crippen LogP contribution in [0.1, 0.15) is 52.4 Å². The monoisotopic (exact) mass is 467 g/mol. The van der Waals surface area contributed by atoms with Crippen molar-refractivity contribution in [1.82, 2.24) is 5.43 Å². The van der Waals surface area contributed by atoms with E-state index in [1.54, 1.807) is 32.4 Å². The molecule has 0 spiro atoms. The first-order valence-corrected chi connectivity index (χ1v) is 11.8. The maximum absolute atomic E-state index is 12.7. The Morgan fingerprint density at radius 1 is 0.971 bits per heavy atom. The molecule has 0 aromatic heterocycles. The SMILES string of the molecule is COc1ccc(C(=O)NN=C(C)c2ccc3c(c2)C2C=CCC2C(c2ccccc2)N3)cc1OC. The first kappa shape index (κ1) is 22.7. The molecule has 1 aliphatic heterocycles. The molecule has 1 aliphatic carbocycles. The van der Waals surface area contributed by atoms with Crippen molar-refractivity contribution in [3.8, 4) is 11.5 Å². The molecule has 1 heterocycles. The molecule has 0 fully saturated rings. The fourth-order valence-electron chi connectivity index (χ4n) is 5.05. The van der Waals surface area contributed by atoms with Gasteiger partial charge < -0.3 is 14.8 Å². The number of carbonyl (C=O) groups excluding carboxylic acids is 1. The summed E-state index contributed by atoms with van der Waals surface area (Å²) in [6, 6.07) is 22.3. The number of rotatable bonds is 6. The van der Waals surface area contributed by atoms with Gasteiger partial charge in [0.05, 0.1) is 26.0 Å². The number of nitrogens with zero attached hydrogens (tertiary/aromatic N) is 1. The van der Waals surface area contributed by atoms with Gasteiger partial charge in [-0.3, -0.25) is 4.79 Å². The molecule has 0 bridgehead atoms. The molecule has 5 rings (SSSR count). The number of hydrazone groups is 1. The second kappa shape index (κ2) is 9.66. The minimum atomic E-state index is -0.311. The summed E-state index contributed by atoms with van der Waals surface area (Å²) in [6.07, 6.45) is 5.67. The van der Waals surface area contributed by atoms with Crippen LogP contribution in [-0.4, -0.2) is 25.8 Å². The third-order valence-corrected chi connectivity index (χ3v) is 6.91. The van der Waals surface area contributed by atoms with E-state index >= 15 is 0 Å². The van der Waals surface area contributed by atoms with Crippen molar-refractivity contribution in [3.05, 3.63) is 101 Å².